The van der Waals surface area contributed by atoms with E-state index in [9.17, 15) is 10.3 Å². The lowest BCUT2D eigenvalue weighted by atomic mass is 10.1. The molecule has 3 heterocycles. The van der Waals surface area contributed by atoms with Crippen LogP contribution in [0, 0.1) is 5.21 Å². The number of nitrogens with zero attached hydrogens (tertiary/aromatic N) is 4. The third-order valence-electron chi connectivity index (χ3n) is 5.03. The van der Waals surface area contributed by atoms with Gasteiger partial charge in [0.25, 0.3) is 0 Å². The summed E-state index contributed by atoms with van der Waals surface area (Å²) in [5.41, 5.74) is 0.664. The van der Waals surface area contributed by atoms with Crippen LogP contribution in [0.5, 0.6) is 0 Å². The molecule has 0 radical (unpaired) electrons. The molecule has 2 N–H and O–H groups in total. The van der Waals surface area contributed by atoms with Gasteiger partial charge in [0.05, 0.1) is 17.8 Å². The lowest BCUT2D eigenvalue weighted by molar-refractivity contribution is 0.0215. The molecular formula is C17H21N4O5-. The fourth-order valence-electron chi connectivity index (χ4n) is 3.75. The van der Waals surface area contributed by atoms with Gasteiger partial charge < -0.3 is 24.8 Å². The SMILES string of the molecule is [O-]N(O)c1cccc(-c2noc(C3CC(O)CN3C3CCOCC3)n2)c1. The van der Waals surface area contributed by atoms with E-state index < -0.39 is 6.10 Å². The molecule has 26 heavy (non-hydrogen) atoms. The molecule has 9 heteroatoms. The predicted molar refractivity (Wildman–Crippen MR) is 91.3 cm³/mol. The summed E-state index contributed by atoms with van der Waals surface area (Å²) in [6.07, 6.45) is 1.96. The minimum absolute atomic E-state index is 0.0916. The van der Waals surface area contributed by atoms with E-state index >= 15 is 0 Å². The van der Waals surface area contributed by atoms with Crippen LogP contribution in [0.3, 0.4) is 0 Å². The van der Waals surface area contributed by atoms with Crippen LogP contribution in [0.15, 0.2) is 28.8 Å². The molecule has 0 bridgehead atoms. The predicted octanol–water partition coefficient (Wildman–Crippen LogP) is 1.72. The van der Waals surface area contributed by atoms with Gasteiger partial charge in [-0.2, -0.15) is 4.98 Å². The first kappa shape index (κ1) is 17.4. The molecule has 140 valence electrons. The van der Waals surface area contributed by atoms with Crippen LogP contribution in [0.25, 0.3) is 11.4 Å². The van der Waals surface area contributed by atoms with Crippen molar-refractivity contribution in [3.63, 3.8) is 0 Å². The van der Waals surface area contributed by atoms with E-state index in [4.69, 9.17) is 14.5 Å². The number of aromatic nitrogens is 2. The maximum atomic E-state index is 11.1. The van der Waals surface area contributed by atoms with Crippen LogP contribution >= 0.6 is 0 Å². The molecule has 2 fully saturated rings. The van der Waals surface area contributed by atoms with Gasteiger partial charge >= 0.3 is 0 Å². The standard InChI is InChI=1S/C17H21N4O5/c22-14-9-15(20(10-14)12-4-6-25-7-5-12)17-18-16(19-26-17)11-2-1-3-13(8-11)21(23)24/h1-3,8,12,14-15,22-23H,4-7,9-10H2/q-1. The molecule has 9 nitrogen and oxygen atoms in total. The second-order valence-electron chi connectivity index (χ2n) is 6.73. The maximum absolute atomic E-state index is 11.1. The number of benzene rings is 1. The fourth-order valence-corrected chi connectivity index (χ4v) is 3.75. The van der Waals surface area contributed by atoms with Crippen molar-refractivity contribution in [1.29, 1.82) is 0 Å². The first-order valence-corrected chi connectivity index (χ1v) is 8.73. The largest absolute Gasteiger partial charge is 0.733 e. The van der Waals surface area contributed by atoms with Crippen LogP contribution < -0.4 is 5.23 Å². The van der Waals surface area contributed by atoms with Gasteiger partial charge in [-0.3, -0.25) is 10.1 Å². The maximum Gasteiger partial charge on any atom is 0.244 e. The minimum Gasteiger partial charge on any atom is -0.733 e. The summed E-state index contributed by atoms with van der Waals surface area (Å²) in [6, 6.07) is 6.54. The van der Waals surface area contributed by atoms with Crippen molar-refractivity contribution in [2.24, 2.45) is 0 Å². The highest BCUT2D eigenvalue weighted by atomic mass is 16.8. The van der Waals surface area contributed by atoms with Crippen molar-refractivity contribution >= 4 is 5.69 Å². The van der Waals surface area contributed by atoms with E-state index in [-0.39, 0.29) is 17.0 Å². The minimum atomic E-state index is -0.426. The monoisotopic (exact) mass is 361 g/mol. The summed E-state index contributed by atoms with van der Waals surface area (Å²) in [6.45, 7) is 2.02. The Morgan fingerprint density at radius 3 is 2.85 bits per heavy atom. The number of ether oxygens (including phenoxy) is 1. The van der Waals surface area contributed by atoms with Crippen LogP contribution in [-0.4, -0.2) is 57.3 Å². The summed E-state index contributed by atoms with van der Waals surface area (Å²) in [5, 5.41) is 34.1. The van der Waals surface area contributed by atoms with E-state index in [0.717, 1.165) is 26.1 Å². The Hall–Kier alpha value is -2.04. The summed E-state index contributed by atoms with van der Waals surface area (Å²) in [7, 11) is 0. The Kier molecular flexibility index (Phi) is 4.88. The first-order valence-electron chi connectivity index (χ1n) is 8.73. The van der Waals surface area contributed by atoms with Crippen molar-refractivity contribution in [2.75, 3.05) is 25.0 Å². The highest BCUT2D eigenvalue weighted by molar-refractivity contribution is 5.62. The Morgan fingerprint density at radius 2 is 2.08 bits per heavy atom. The molecule has 2 atom stereocenters. The van der Waals surface area contributed by atoms with Crippen LogP contribution in [0.4, 0.5) is 5.69 Å². The zero-order valence-corrected chi connectivity index (χ0v) is 14.2. The molecule has 2 aliphatic heterocycles. The third kappa shape index (κ3) is 3.44. The molecule has 0 amide bonds. The summed E-state index contributed by atoms with van der Waals surface area (Å²) >= 11 is 0. The molecule has 2 unspecified atom stereocenters. The average Bonchev–Trinajstić information content (AvgIpc) is 3.29. The summed E-state index contributed by atoms with van der Waals surface area (Å²) in [5.74, 6) is 0.799. The van der Waals surface area contributed by atoms with Gasteiger partial charge in [0.2, 0.25) is 11.7 Å². The van der Waals surface area contributed by atoms with Crippen LogP contribution in [0.2, 0.25) is 0 Å². The smallest absolute Gasteiger partial charge is 0.244 e. The van der Waals surface area contributed by atoms with Crippen LogP contribution in [-0.2, 0) is 4.74 Å². The molecule has 2 saturated heterocycles. The van der Waals surface area contributed by atoms with Gasteiger partial charge in [-0.05, 0) is 31.4 Å². The molecule has 1 aromatic heterocycles. The zero-order chi connectivity index (χ0) is 18.1. The molecule has 0 aliphatic carbocycles. The highest BCUT2D eigenvalue weighted by Gasteiger charge is 2.40. The molecule has 0 spiro atoms. The van der Waals surface area contributed by atoms with Crippen molar-refractivity contribution in [1.82, 2.24) is 15.0 Å². The normalized spacial score (nSPS) is 24.9. The number of hydrogen-bond acceptors (Lipinski definition) is 9. The van der Waals surface area contributed by atoms with Crippen molar-refractivity contribution in [3.05, 3.63) is 35.4 Å². The number of aliphatic hydroxyl groups is 1. The van der Waals surface area contributed by atoms with Gasteiger partial charge in [-0.25, -0.2) is 0 Å². The molecular weight excluding hydrogens is 340 g/mol. The van der Waals surface area contributed by atoms with Crippen LogP contribution in [0.1, 0.15) is 31.2 Å². The number of anilines is 1. The number of hydrogen-bond donors (Lipinski definition) is 2. The van der Waals surface area contributed by atoms with Crippen molar-refractivity contribution < 1.29 is 19.6 Å². The summed E-state index contributed by atoms with van der Waals surface area (Å²) < 4.78 is 10.9. The van der Waals surface area contributed by atoms with Gasteiger partial charge in [0.1, 0.15) is 0 Å². The van der Waals surface area contributed by atoms with E-state index in [2.05, 4.69) is 15.0 Å². The molecule has 4 rings (SSSR count). The van der Waals surface area contributed by atoms with Gasteiger partial charge in [0, 0.05) is 31.4 Å². The number of rotatable bonds is 4. The summed E-state index contributed by atoms with van der Waals surface area (Å²) in [4.78, 5) is 6.71. The molecule has 2 aliphatic rings. The average molecular weight is 361 g/mol. The lowest BCUT2D eigenvalue weighted by Crippen LogP contribution is -2.39. The van der Waals surface area contributed by atoms with Crippen molar-refractivity contribution in [2.45, 2.75) is 37.5 Å². The highest BCUT2D eigenvalue weighted by Crippen LogP contribution is 2.36. The number of likely N-dealkylation sites (tertiary alicyclic amines) is 1. The third-order valence-corrected chi connectivity index (χ3v) is 5.03. The van der Waals surface area contributed by atoms with Gasteiger partial charge in [-0.1, -0.05) is 17.3 Å². The van der Waals surface area contributed by atoms with Crippen molar-refractivity contribution in [3.8, 4) is 11.4 Å². The Morgan fingerprint density at radius 1 is 1.27 bits per heavy atom. The van der Waals surface area contributed by atoms with E-state index in [1.54, 1.807) is 12.1 Å². The number of aliphatic hydroxyl groups excluding tert-OH is 1. The Balaban J connectivity index is 1.57. The topological polar surface area (TPSA) is 118 Å². The quantitative estimate of drug-likeness (QED) is 0.785. The van der Waals surface area contributed by atoms with Gasteiger partial charge in [-0.15, -0.1) is 0 Å². The van der Waals surface area contributed by atoms with E-state index in [0.29, 0.717) is 36.3 Å². The number of β-amino-alcohol motifs (C(OH)–C–C–N with tert-alkyl or cyclic N) is 1. The second-order valence-corrected chi connectivity index (χ2v) is 6.73. The molecule has 2 aromatic rings. The van der Waals surface area contributed by atoms with E-state index in [1.807, 2.05) is 0 Å². The first-order chi connectivity index (χ1) is 12.6. The Bertz CT molecular complexity index is 746. The van der Waals surface area contributed by atoms with Gasteiger partial charge in [0.15, 0.2) is 0 Å². The fraction of sp³-hybridized carbons (Fsp3) is 0.529. The zero-order valence-electron chi connectivity index (χ0n) is 14.2. The second kappa shape index (κ2) is 7.29. The Labute approximate surface area is 150 Å². The lowest BCUT2D eigenvalue weighted by Gasteiger charge is -2.33. The van der Waals surface area contributed by atoms with E-state index in [1.165, 1.54) is 12.1 Å². The molecule has 1 aromatic carbocycles. The molecule has 0 saturated carbocycles.